The van der Waals surface area contributed by atoms with Crippen molar-refractivity contribution in [3.63, 3.8) is 0 Å². The molecule has 0 aliphatic rings. The molecule has 0 amide bonds. The first-order chi connectivity index (χ1) is 7.69. The van der Waals surface area contributed by atoms with Crippen LogP contribution in [0.4, 0.5) is 5.69 Å². The van der Waals surface area contributed by atoms with E-state index in [0.29, 0.717) is 5.56 Å². The van der Waals surface area contributed by atoms with Gasteiger partial charge >= 0.3 is 5.97 Å². The highest BCUT2D eigenvalue weighted by Gasteiger charge is 2.05. The fraction of sp³-hybridized carbons (Fsp3) is 0.417. The van der Waals surface area contributed by atoms with Gasteiger partial charge in [-0.15, -0.1) is 0 Å². The Morgan fingerprint density at radius 1 is 1.38 bits per heavy atom. The minimum Gasteiger partial charge on any atom is -0.465 e. The second kappa shape index (κ2) is 6.12. The zero-order valence-corrected chi connectivity index (χ0v) is 9.99. The second-order valence-electron chi connectivity index (χ2n) is 3.56. The van der Waals surface area contributed by atoms with E-state index in [1.165, 1.54) is 7.11 Å². The summed E-state index contributed by atoms with van der Waals surface area (Å²) in [5.74, 6) is -0.301. The van der Waals surface area contributed by atoms with Gasteiger partial charge in [0, 0.05) is 25.8 Å². The summed E-state index contributed by atoms with van der Waals surface area (Å²) in [4.78, 5) is 13.3. The Hall–Kier alpha value is -1.55. The normalized spacial score (nSPS) is 9.94. The molecule has 4 heteroatoms. The van der Waals surface area contributed by atoms with Gasteiger partial charge in [-0.05, 0) is 31.3 Å². The molecule has 1 aromatic carbocycles. The number of ether oxygens (including phenoxy) is 1. The van der Waals surface area contributed by atoms with Crippen LogP contribution >= 0.6 is 0 Å². The quantitative estimate of drug-likeness (QED) is 0.758. The van der Waals surface area contributed by atoms with Gasteiger partial charge in [-0.25, -0.2) is 4.79 Å². The van der Waals surface area contributed by atoms with Crippen molar-refractivity contribution in [1.29, 1.82) is 0 Å². The summed E-state index contributed by atoms with van der Waals surface area (Å²) in [7, 11) is 5.33. The molecule has 0 heterocycles. The fourth-order valence-electron chi connectivity index (χ4n) is 1.38. The van der Waals surface area contributed by atoms with Gasteiger partial charge < -0.3 is 15.0 Å². The van der Waals surface area contributed by atoms with Crippen molar-refractivity contribution < 1.29 is 9.53 Å². The highest BCUT2D eigenvalue weighted by molar-refractivity contribution is 5.89. The molecule has 0 atom stereocenters. The lowest BCUT2D eigenvalue weighted by atomic mass is 10.2. The molecule has 0 fully saturated rings. The van der Waals surface area contributed by atoms with E-state index in [1.807, 2.05) is 26.2 Å². The molecule has 0 saturated heterocycles. The smallest absolute Gasteiger partial charge is 0.337 e. The number of hydrogen-bond acceptors (Lipinski definition) is 4. The predicted octanol–water partition coefficient (Wildman–Crippen LogP) is 1.13. The molecule has 88 valence electrons. The summed E-state index contributed by atoms with van der Waals surface area (Å²) in [6, 6.07) is 7.39. The van der Waals surface area contributed by atoms with Crippen LogP contribution in [0.3, 0.4) is 0 Å². The number of carbonyl (C=O) groups is 1. The lowest BCUT2D eigenvalue weighted by Crippen LogP contribution is -2.26. The number of carbonyl (C=O) groups excluding carboxylic acids is 1. The Bertz CT molecular complexity index is 335. The number of anilines is 1. The maximum Gasteiger partial charge on any atom is 0.337 e. The Morgan fingerprint density at radius 2 is 2.00 bits per heavy atom. The van der Waals surface area contributed by atoms with Crippen LogP contribution in [0, 0.1) is 0 Å². The van der Waals surface area contributed by atoms with Crippen LogP contribution in [-0.2, 0) is 4.74 Å². The molecule has 0 saturated carbocycles. The van der Waals surface area contributed by atoms with Crippen LogP contribution < -0.4 is 10.2 Å². The Kier molecular flexibility index (Phi) is 4.79. The standard InChI is InChI=1S/C12H18N2O2/c1-13-8-9-14(2)11-6-4-10(5-7-11)12(15)16-3/h4-7,13H,8-9H2,1-3H3. The second-order valence-corrected chi connectivity index (χ2v) is 3.56. The molecule has 0 aromatic heterocycles. The molecule has 0 aliphatic carbocycles. The van der Waals surface area contributed by atoms with Crippen molar-refractivity contribution in [2.75, 3.05) is 39.2 Å². The van der Waals surface area contributed by atoms with Gasteiger partial charge in [-0.3, -0.25) is 0 Å². The first kappa shape index (κ1) is 12.5. The number of nitrogens with one attached hydrogen (secondary N) is 1. The van der Waals surface area contributed by atoms with Gasteiger partial charge in [0.1, 0.15) is 0 Å². The van der Waals surface area contributed by atoms with E-state index in [4.69, 9.17) is 0 Å². The number of likely N-dealkylation sites (N-methyl/N-ethyl adjacent to an activating group) is 2. The lowest BCUT2D eigenvalue weighted by molar-refractivity contribution is 0.0601. The van der Waals surface area contributed by atoms with Crippen molar-refractivity contribution in [3.05, 3.63) is 29.8 Å². The Balaban J connectivity index is 2.67. The molecule has 4 nitrogen and oxygen atoms in total. The van der Waals surface area contributed by atoms with E-state index in [1.54, 1.807) is 12.1 Å². The minimum absolute atomic E-state index is 0.301. The molecule has 1 aromatic rings. The van der Waals surface area contributed by atoms with Crippen molar-refractivity contribution in [2.24, 2.45) is 0 Å². The maximum absolute atomic E-state index is 11.2. The first-order valence-corrected chi connectivity index (χ1v) is 5.23. The molecule has 0 radical (unpaired) electrons. The number of methoxy groups -OCH3 is 1. The number of esters is 1. The SMILES string of the molecule is CNCCN(C)c1ccc(C(=O)OC)cc1. The third-order valence-electron chi connectivity index (χ3n) is 2.43. The monoisotopic (exact) mass is 222 g/mol. The fourth-order valence-corrected chi connectivity index (χ4v) is 1.38. The summed E-state index contributed by atoms with van der Waals surface area (Å²) in [5, 5.41) is 3.09. The third kappa shape index (κ3) is 3.24. The van der Waals surface area contributed by atoms with Crippen LogP contribution in [0.5, 0.6) is 0 Å². The van der Waals surface area contributed by atoms with E-state index < -0.39 is 0 Å². The predicted molar refractivity (Wildman–Crippen MR) is 65.0 cm³/mol. The number of hydrogen-bond donors (Lipinski definition) is 1. The molecular weight excluding hydrogens is 204 g/mol. The first-order valence-electron chi connectivity index (χ1n) is 5.23. The highest BCUT2D eigenvalue weighted by atomic mass is 16.5. The van der Waals surface area contributed by atoms with Crippen molar-refractivity contribution in [3.8, 4) is 0 Å². The zero-order chi connectivity index (χ0) is 12.0. The Morgan fingerprint density at radius 3 is 2.50 bits per heavy atom. The van der Waals surface area contributed by atoms with Gasteiger partial charge in [0.2, 0.25) is 0 Å². The van der Waals surface area contributed by atoms with Crippen molar-refractivity contribution in [2.45, 2.75) is 0 Å². The van der Waals surface area contributed by atoms with Gasteiger partial charge in [0.25, 0.3) is 0 Å². The molecule has 1 N–H and O–H groups in total. The van der Waals surface area contributed by atoms with Gasteiger partial charge in [0.05, 0.1) is 12.7 Å². The van der Waals surface area contributed by atoms with Gasteiger partial charge in [0.15, 0.2) is 0 Å². The minimum atomic E-state index is -0.301. The molecule has 0 bridgehead atoms. The van der Waals surface area contributed by atoms with Gasteiger partial charge in [-0.2, -0.15) is 0 Å². The molecule has 0 aliphatic heterocycles. The number of rotatable bonds is 5. The highest BCUT2D eigenvalue weighted by Crippen LogP contribution is 2.13. The molecule has 16 heavy (non-hydrogen) atoms. The van der Waals surface area contributed by atoms with Crippen LogP contribution in [0.1, 0.15) is 10.4 Å². The summed E-state index contributed by atoms with van der Waals surface area (Å²) in [5.41, 5.74) is 1.66. The summed E-state index contributed by atoms with van der Waals surface area (Å²) in [6.07, 6.45) is 0. The van der Waals surface area contributed by atoms with E-state index in [0.717, 1.165) is 18.8 Å². The maximum atomic E-state index is 11.2. The summed E-state index contributed by atoms with van der Waals surface area (Å²) < 4.78 is 4.64. The van der Waals surface area contributed by atoms with Crippen LogP contribution in [-0.4, -0.2) is 40.3 Å². The van der Waals surface area contributed by atoms with Gasteiger partial charge in [-0.1, -0.05) is 0 Å². The van der Waals surface area contributed by atoms with Crippen LogP contribution in [0.15, 0.2) is 24.3 Å². The van der Waals surface area contributed by atoms with Crippen LogP contribution in [0.2, 0.25) is 0 Å². The average Bonchev–Trinajstić information content (AvgIpc) is 2.35. The molecular formula is C12H18N2O2. The van der Waals surface area contributed by atoms with Crippen LogP contribution in [0.25, 0.3) is 0 Å². The zero-order valence-electron chi connectivity index (χ0n) is 9.99. The van der Waals surface area contributed by atoms with E-state index in [-0.39, 0.29) is 5.97 Å². The van der Waals surface area contributed by atoms with Crippen molar-refractivity contribution in [1.82, 2.24) is 5.32 Å². The summed E-state index contributed by atoms with van der Waals surface area (Å²) >= 11 is 0. The van der Waals surface area contributed by atoms with E-state index >= 15 is 0 Å². The molecule has 0 unspecified atom stereocenters. The largest absolute Gasteiger partial charge is 0.465 e. The number of nitrogens with zero attached hydrogens (tertiary/aromatic N) is 1. The van der Waals surface area contributed by atoms with E-state index in [2.05, 4.69) is 15.0 Å². The topological polar surface area (TPSA) is 41.6 Å². The number of benzene rings is 1. The average molecular weight is 222 g/mol. The van der Waals surface area contributed by atoms with Crippen molar-refractivity contribution >= 4 is 11.7 Å². The third-order valence-corrected chi connectivity index (χ3v) is 2.43. The molecule has 1 rings (SSSR count). The summed E-state index contributed by atoms with van der Waals surface area (Å²) in [6.45, 7) is 1.85. The Labute approximate surface area is 96.2 Å². The molecule has 0 spiro atoms. The van der Waals surface area contributed by atoms with E-state index in [9.17, 15) is 4.79 Å². The lowest BCUT2D eigenvalue weighted by Gasteiger charge is -2.19.